The molecular formula is C10H18ClN3. The average molecular weight is 216 g/mol. The van der Waals surface area contributed by atoms with Crippen LogP contribution in [0.2, 0.25) is 0 Å². The number of nitrogens with one attached hydrogen (secondary N) is 1. The molecular weight excluding hydrogens is 198 g/mol. The molecule has 0 amide bonds. The molecule has 0 saturated carbocycles. The van der Waals surface area contributed by atoms with Gasteiger partial charge in [-0.05, 0) is 31.5 Å². The van der Waals surface area contributed by atoms with Gasteiger partial charge in [-0.3, -0.25) is 0 Å². The van der Waals surface area contributed by atoms with E-state index >= 15 is 0 Å². The summed E-state index contributed by atoms with van der Waals surface area (Å²) in [6.45, 7) is 1.78. The Bertz CT molecular complexity index is 216. The van der Waals surface area contributed by atoms with Crippen molar-refractivity contribution in [3.63, 3.8) is 0 Å². The summed E-state index contributed by atoms with van der Waals surface area (Å²) in [5, 5.41) is 3.25. The van der Waals surface area contributed by atoms with Gasteiger partial charge in [-0.25, -0.2) is 4.98 Å². The average Bonchev–Trinajstić information content (AvgIpc) is 2.19. The monoisotopic (exact) mass is 215 g/mol. The Kier molecular flexibility index (Phi) is 8.28. The lowest BCUT2D eigenvalue weighted by molar-refractivity contribution is 0.706. The second kappa shape index (κ2) is 8.78. The van der Waals surface area contributed by atoms with Gasteiger partial charge in [-0.1, -0.05) is 12.5 Å². The van der Waals surface area contributed by atoms with Crippen molar-refractivity contribution in [3.05, 3.63) is 24.4 Å². The number of nitrogens with zero attached hydrogens (tertiary/aromatic N) is 1. The number of hydrogen-bond donors (Lipinski definition) is 2. The molecule has 0 aromatic carbocycles. The zero-order valence-electron chi connectivity index (χ0n) is 8.28. The number of hydrogen-bond acceptors (Lipinski definition) is 3. The molecule has 0 unspecified atom stereocenters. The minimum Gasteiger partial charge on any atom is -0.370 e. The maximum Gasteiger partial charge on any atom is 0.125 e. The van der Waals surface area contributed by atoms with Gasteiger partial charge in [0.15, 0.2) is 0 Å². The van der Waals surface area contributed by atoms with Crippen molar-refractivity contribution in [2.24, 2.45) is 5.73 Å². The Morgan fingerprint density at radius 3 is 2.71 bits per heavy atom. The van der Waals surface area contributed by atoms with Crippen LogP contribution >= 0.6 is 12.4 Å². The topological polar surface area (TPSA) is 50.9 Å². The molecule has 1 rings (SSSR count). The Morgan fingerprint density at radius 1 is 1.21 bits per heavy atom. The molecule has 1 aromatic rings. The second-order valence-electron chi connectivity index (χ2n) is 2.99. The summed E-state index contributed by atoms with van der Waals surface area (Å²) in [6, 6.07) is 5.87. The number of halogens is 1. The highest BCUT2D eigenvalue weighted by molar-refractivity contribution is 5.85. The molecule has 4 heteroatoms. The number of aromatic nitrogens is 1. The van der Waals surface area contributed by atoms with Crippen LogP contribution in [-0.4, -0.2) is 18.1 Å². The summed E-state index contributed by atoms with van der Waals surface area (Å²) in [5.74, 6) is 0.954. The summed E-state index contributed by atoms with van der Waals surface area (Å²) in [7, 11) is 0. The van der Waals surface area contributed by atoms with E-state index in [9.17, 15) is 0 Å². The van der Waals surface area contributed by atoms with E-state index in [-0.39, 0.29) is 12.4 Å². The molecule has 0 aliphatic rings. The van der Waals surface area contributed by atoms with Crippen LogP contribution in [0.15, 0.2) is 24.4 Å². The van der Waals surface area contributed by atoms with Crippen LogP contribution in [0.25, 0.3) is 0 Å². The number of rotatable bonds is 6. The third kappa shape index (κ3) is 5.78. The smallest absolute Gasteiger partial charge is 0.125 e. The van der Waals surface area contributed by atoms with E-state index < -0.39 is 0 Å². The fraction of sp³-hybridized carbons (Fsp3) is 0.500. The molecule has 80 valence electrons. The Labute approximate surface area is 91.5 Å². The second-order valence-corrected chi connectivity index (χ2v) is 2.99. The van der Waals surface area contributed by atoms with Crippen LogP contribution in [0, 0.1) is 0 Å². The summed E-state index contributed by atoms with van der Waals surface area (Å²) in [5.41, 5.74) is 5.39. The van der Waals surface area contributed by atoms with Gasteiger partial charge >= 0.3 is 0 Å². The van der Waals surface area contributed by atoms with E-state index in [1.54, 1.807) is 6.20 Å². The van der Waals surface area contributed by atoms with E-state index in [0.717, 1.165) is 31.7 Å². The van der Waals surface area contributed by atoms with E-state index in [2.05, 4.69) is 10.3 Å². The Hall–Kier alpha value is -0.800. The van der Waals surface area contributed by atoms with E-state index in [1.807, 2.05) is 18.2 Å². The largest absolute Gasteiger partial charge is 0.370 e. The highest BCUT2D eigenvalue weighted by Crippen LogP contribution is 2.00. The fourth-order valence-corrected chi connectivity index (χ4v) is 1.13. The number of unbranched alkanes of at least 4 members (excludes halogenated alkanes) is 2. The molecule has 0 fully saturated rings. The highest BCUT2D eigenvalue weighted by atomic mass is 35.5. The number of nitrogens with two attached hydrogens (primary N) is 1. The molecule has 0 radical (unpaired) electrons. The number of pyridine rings is 1. The quantitative estimate of drug-likeness (QED) is 0.715. The standard InChI is InChI=1S/C10H17N3.ClH/c11-7-3-1-4-8-12-10-6-2-5-9-13-10;/h2,5-6,9H,1,3-4,7-8,11H2,(H,12,13);1H. The lowest BCUT2D eigenvalue weighted by Crippen LogP contribution is -2.04. The van der Waals surface area contributed by atoms with Crippen LogP contribution in [-0.2, 0) is 0 Å². The molecule has 0 saturated heterocycles. The predicted octanol–water partition coefficient (Wildman–Crippen LogP) is 2.04. The predicted molar refractivity (Wildman–Crippen MR) is 62.9 cm³/mol. The minimum absolute atomic E-state index is 0. The van der Waals surface area contributed by atoms with Gasteiger partial charge in [-0.15, -0.1) is 12.4 Å². The first kappa shape index (κ1) is 13.2. The first-order chi connectivity index (χ1) is 6.43. The molecule has 3 nitrogen and oxygen atoms in total. The number of anilines is 1. The first-order valence-corrected chi connectivity index (χ1v) is 4.78. The van der Waals surface area contributed by atoms with Crippen molar-refractivity contribution in [3.8, 4) is 0 Å². The SMILES string of the molecule is Cl.NCCCCCNc1ccccn1. The van der Waals surface area contributed by atoms with Crippen molar-refractivity contribution in [1.29, 1.82) is 0 Å². The van der Waals surface area contributed by atoms with Crippen LogP contribution in [0.3, 0.4) is 0 Å². The first-order valence-electron chi connectivity index (χ1n) is 4.78. The van der Waals surface area contributed by atoms with Crippen LogP contribution in [0.4, 0.5) is 5.82 Å². The van der Waals surface area contributed by atoms with Crippen LogP contribution in [0.5, 0.6) is 0 Å². The molecule has 0 atom stereocenters. The van der Waals surface area contributed by atoms with Gasteiger partial charge in [0.05, 0.1) is 0 Å². The van der Waals surface area contributed by atoms with Crippen molar-refractivity contribution in [2.75, 3.05) is 18.4 Å². The molecule has 0 spiro atoms. The summed E-state index contributed by atoms with van der Waals surface area (Å²) in [6.07, 6.45) is 5.26. The van der Waals surface area contributed by atoms with Crippen molar-refractivity contribution < 1.29 is 0 Å². The molecule has 1 heterocycles. The molecule has 1 aromatic heterocycles. The van der Waals surface area contributed by atoms with Crippen molar-refractivity contribution >= 4 is 18.2 Å². The van der Waals surface area contributed by atoms with Gasteiger partial charge < -0.3 is 11.1 Å². The lowest BCUT2D eigenvalue weighted by atomic mass is 10.2. The zero-order valence-corrected chi connectivity index (χ0v) is 9.09. The van der Waals surface area contributed by atoms with Crippen molar-refractivity contribution in [2.45, 2.75) is 19.3 Å². The summed E-state index contributed by atoms with van der Waals surface area (Å²) < 4.78 is 0. The third-order valence-corrected chi connectivity index (χ3v) is 1.85. The van der Waals surface area contributed by atoms with Gasteiger partial charge in [0.25, 0.3) is 0 Å². The Balaban J connectivity index is 0.00000169. The fourth-order valence-electron chi connectivity index (χ4n) is 1.13. The van der Waals surface area contributed by atoms with Crippen LogP contribution in [0.1, 0.15) is 19.3 Å². The molecule has 0 bridgehead atoms. The zero-order chi connectivity index (χ0) is 9.36. The highest BCUT2D eigenvalue weighted by Gasteiger charge is 1.90. The van der Waals surface area contributed by atoms with Gasteiger partial charge in [-0.2, -0.15) is 0 Å². The van der Waals surface area contributed by atoms with Crippen LogP contribution < -0.4 is 11.1 Å². The van der Waals surface area contributed by atoms with E-state index in [1.165, 1.54) is 6.42 Å². The minimum atomic E-state index is 0. The van der Waals surface area contributed by atoms with Crippen molar-refractivity contribution in [1.82, 2.24) is 4.98 Å². The molecule has 14 heavy (non-hydrogen) atoms. The van der Waals surface area contributed by atoms with Gasteiger partial charge in [0.2, 0.25) is 0 Å². The third-order valence-electron chi connectivity index (χ3n) is 1.85. The molecule has 0 aliphatic heterocycles. The lowest BCUT2D eigenvalue weighted by Gasteiger charge is -2.03. The normalized spacial score (nSPS) is 9.21. The molecule has 3 N–H and O–H groups in total. The summed E-state index contributed by atoms with van der Waals surface area (Å²) in [4.78, 5) is 4.16. The maximum absolute atomic E-state index is 5.39. The van der Waals surface area contributed by atoms with E-state index in [4.69, 9.17) is 5.73 Å². The van der Waals surface area contributed by atoms with E-state index in [0.29, 0.717) is 0 Å². The molecule has 0 aliphatic carbocycles. The van der Waals surface area contributed by atoms with Gasteiger partial charge in [0.1, 0.15) is 5.82 Å². The van der Waals surface area contributed by atoms with Gasteiger partial charge in [0, 0.05) is 12.7 Å². The summed E-state index contributed by atoms with van der Waals surface area (Å²) >= 11 is 0. The maximum atomic E-state index is 5.39. The Morgan fingerprint density at radius 2 is 2.07 bits per heavy atom.